The molecule has 3 aromatic rings. The molecule has 0 unspecified atom stereocenters. The second-order valence-electron chi connectivity index (χ2n) is 4.50. The van der Waals surface area contributed by atoms with Crippen LogP contribution in [0.2, 0.25) is 0 Å². The van der Waals surface area contributed by atoms with E-state index < -0.39 is 6.09 Å². The highest BCUT2D eigenvalue weighted by molar-refractivity contribution is 5.67. The zero-order chi connectivity index (χ0) is 14.7. The molecule has 6 nitrogen and oxygen atoms in total. The third-order valence-electron chi connectivity index (χ3n) is 3.08. The highest BCUT2D eigenvalue weighted by Gasteiger charge is 2.06. The predicted molar refractivity (Wildman–Crippen MR) is 77.7 cm³/mol. The lowest BCUT2D eigenvalue weighted by molar-refractivity contribution is 0.170. The van der Waals surface area contributed by atoms with E-state index in [0.29, 0.717) is 6.54 Å². The van der Waals surface area contributed by atoms with Crippen molar-refractivity contribution in [3.05, 3.63) is 54.4 Å². The van der Waals surface area contributed by atoms with Gasteiger partial charge in [-0.2, -0.15) is 5.10 Å². The number of methoxy groups -OCH3 is 1. The SMILES string of the molecule is COC(=O)NCc1cccc(-c2cn3ncccc3n2)c1. The second-order valence-corrected chi connectivity index (χ2v) is 4.50. The molecule has 0 bridgehead atoms. The van der Waals surface area contributed by atoms with Crippen LogP contribution in [0.3, 0.4) is 0 Å². The van der Waals surface area contributed by atoms with Crippen molar-refractivity contribution in [2.45, 2.75) is 6.54 Å². The molecular formula is C15H14N4O2. The van der Waals surface area contributed by atoms with Crippen molar-refractivity contribution in [3.63, 3.8) is 0 Å². The molecule has 1 aromatic carbocycles. The van der Waals surface area contributed by atoms with Gasteiger partial charge in [0.05, 0.1) is 19.0 Å². The van der Waals surface area contributed by atoms with Crippen LogP contribution in [0.15, 0.2) is 48.8 Å². The number of fused-ring (bicyclic) bond motifs is 1. The van der Waals surface area contributed by atoms with Gasteiger partial charge < -0.3 is 10.1 Å². The number of carbonyl (C=O) groups excluding carboxylic acids is 1. The van der Waals surface area contributed by atoms with Gasteiger partial charge in [-0.05, 0) is 23.8 Å². The summed E-state index contributed by atoms with van der Waals surface area (Å²) in [6.07, 6.45) is 3.15. The van der Waals surface area contributed by atoms with E-state index in [1.54, 1.807) is 10.7 Å². The molecule has 0 saturated heterocycles. The minimum absolute atomic E-state index is 0.409. The van der Waals surface area contributed by atoms with Crippen molar-refractivity contribution in [3.8, 4) is 11.3 Å². The van der Waals surface area contributed by atoms with Crippen molar-refractivity contribution in [2.24, 2.45) is 0 Å². The standard InChI is InChI=1S/C15H14N4O2/c1-21-15(20)16-9-11-4-2-5-12(8-11)13-10-19-14(18-13)6-3-7-17-19/h2-8,10H,9H2,1H3,(H,16,20). The minimum atomic E-state index is -0.447. The number of imidazole rings is 1. The molecule has 0 saturated carbocycles. The Morgan fingerprint density at radius 1 is 1.33 bits per heavy atom. The first-order valence-corrected chi connectivity index (χ1v) is 6.48. The Bertz CT molecular complexity index is 749. The van der Waals surface area contributed by atoms with Crippen LogP contribution < -0.4 is 5.32 Å². The normalized spacial score (nSPS) is 10.5. The first kappa shape index (κ1) is 13.1. The topological polar surface area (TPSA) is 68.5 Å². The molecule has 0 aliphatic rings. The summed E-state index contributed by atoms with van der Waals surface area (Å²) in [5.74, 6) is 0. The molecule has 0 fully saturated rings. The van der Waals surface area contributed by atoms with Crippen LogP contribution in [0, 0.1) is 0 Å². The van der Waals surface area contributed by atoms with E-state index in [2.05, 4.69) is 20.1 Å². The molecule has 21 heavy (non-hydrogen) atoms. The van der Waals surface area contributed by atoms with Crippen molar-refractivity contribution in [1.29, 1.82) is 0 Å². The summed E-state index contributed by atoms with van der Waals surface area (Å²) >= 11 is 0. The summed E-state index contributed by atoms with van der Waals surface area (Å²) in [6.45, 7) is 0.409. The lowest BCUT2D eigenvalue weighted by Crippen LogP contribution is -2.22. The predicted octanol–water partition coefficient (Wildman–Crippen LogP) is 2.25. The van der Waals surface area contributed by atoms with E-state index >= 15 is 0 Å². The number of hydrogen-bond donors (Lipinski definition) is 1. The minimum Gasteiger partial charge on any atom is -0.453 e. The molecule has 2 heterocycles. The highest BCUT2D eigenvalue weighted by Crippen LogP contribution is 2.19. The number of nitrogens with zero attached hydrogens (tertiary/aromatic N) is 3. The smallest absolute Gasteiger partial charge is 0.407 e. The molecule has 0 spiro atoms. The van der Waals surface area contributed by atoms with Crippen LogP contribution >= 0.6 is 0 Å². The molecule has 0 aliphatic carbocycles. The quantitative estimate of drug-likeness (QED) is 0.800. The molecule has 2 aromatic heterocycles. The highest BCUT2D eigenvalue weighted by atomic mass is 16.5. The maximum atomic E-state index is 11.1. The van der Waals surface area contributed by atoms with Gasteiger partial charge in [-0.3, -0.25) is 0 Å². The van der Waals surface area contributed by atoms with Crippen LogP contribution in [0.5, 0.6) is 0 Å². The first-order chi connectivity index (χ1) is 10.3. The molecule has 0 radical (unpaired) electrons. The summed E-state index contributed by atoms with van der Waals surface area (Å²) in [7, 11) is 1.34. The van der Waals surface area contributed by atoms with Gasteiger partial charge in [0.25, 0.3) is 0 Å². The van der Waals surface area contributed by atoms with Gasteiger partial charge in [0.1, 0.15) is 0 Å². The Hall–Kier alpha value is -2.89. The largest absolute Gasteiger partial charge is 0.453 e. The first-order valence-electron chi connectivity index (χ1n) is 6.48. The summed E-state index contributed by atoms with van der Waals surface area (Å²) < 4.78 is 6.28. The molecule has 0 aliphatic heterocycles. The number of rotatable bonds is 3. The molecule has 1 N–H and O–H groups in total. The Morgan fingerprint density at radius 3 is 3.05 bits per heavy atom. The summed E-state index contributed by atoms with van der Waals surface area (Å²) in [5, 5.41) is 6.86. The Balaban J connectivity index is 1.86. The van der Waals surface area contributed by atoms with Gasteiger partial charge in [0.2, 0.25) is 0 Å². The van der Waals surface area contributed by atoms with Crippen molar-refractivity contribution in [1.82, 2.24) is 19.9 Å². The lowest BCUT2D eigenvalue weighted by Gasteiger charge is -2.05. The monoisotopic (exact) mass is 282 g/mol. The third kappa shape index (κ3) is 2.84. The Morgan fingerprint density at radius 2 is 2.24 bits per heavy atom. The van der Waals surface area contributed by atoms with E-state index in [4.69, 9.17) is 0 Å². The van der Waals surface area contributed by atoms with Crippen LogP contribution in [0.1, 0.15) is 5.56 Å². The average molecular weight is 282 g/mol. The van der Waals surface area contributed by atoms with E-state index in [9.17, 15) is 4.79 Å². The summed E-state index contributed by atoms with van der Waals surface area (Å²) in [5.41, 5.74) is 3.59. The van der Waals surface area contributed by atoms with Crippen LogP contribution in [0.25, 0.3) is 16.9 Å². The van der Waals surface area contributed by atoms with Gasteiger partial charge in [-0.1, -0.05) is 18.2 Å². The van der Waals surface area contributed by atoms with E-state index in [1.165, 1.54) is 7.11 Å². The van der Waals surface area contributed by atoms with Crippen LogP contribution in [-0.2, 0) is 11.3 Å². The number of benzene rings is 1. The fraction of sp³-hybridized carbons (Fsp3) is 0.133. The number of aromatic nitrogens is 3. The third-order valence-corrected chi connectivity index (χ3v) is 3.08. The maximum Gasteiger partial charge on any atom is 0.407 e. The second kappa shape index (κ2) is 5.62. The molecule has 0 atom stereocenters. The molecular weight excluding hydrogens is 268 g/mol. The number of carbonyl (C=O) groups is 1. The van der Waals surface area contributed by atoms with Crippen molar-refractivity contribution in [2.75, 3.05) is 7.11 Å². The van der Waals surface area contributed by atoms with Gasteiger partial charge in [0.15, 0.2) is 5.65 Å². The zero-order valence-electron chi connectivity index (χ0n) is 11.5. The Labute approximate surface area is 121 Å². The van der Waals surface area contributed by atoms with Gasteiger partial charge >= 0.3 is 6.09 Å². The fourth-order valence-corrected chi connectivity index (χ4v) is 2.06. The number of alkyl carbamates (subject to hydrolysis) is 1. The number of amides is 1. The summed E-state index contributed by atoms with van der Waals surface area (Å²) in [6, 6.07) is 11.6. The molecule has 1 amide bonds. The Kier molecular flexibility index (Phi) is 3.51. The van der Waals surface area contributed by atoms with Crippen LogP contribution in [-0.4, -0.2) is 27.8 Å². The molecule has 6 heteroatoms. The van der Waals surface area contributed by atoms with Crippen molar-refractivity contribution < 1.29 is 9.53 Å². The zero-order valence-corrected chi connectivity index (χ0v) is 11.5. The average Bonchev–Trinajstić information content (AvgIpc) is 2.97. The van der Waals surface area contributed by atoms with Gasteiger partial charge in [-0.15, -0.1) is 0 Å². The van der Waals surface area contributed by atoms with E-state index in [-0.39, 0.29) is 0 Å². The van der Waals surface area contributed by atoms with Crippen molar-refractivity contribution >= 4 is 11.7 Å². The fourth-order valence-electron chi connectivity index (χ4n) is 2.06. The molecule has 106 valence electrons. The molecule has 3 rings (SSSR count). The van der Waals surface area contributed by atoms with E-state index in [0.717, 1.165) is 22.5 Å². The van der Waals surface area contributed by atoms with E-state index in [1.807, 2.05) is 42.6 Å². The maximum absolute atomic E-state index is 11.1. The van der Waals surface area contributed by atoms with Gasteiger partial charge in [0, 0.05) is 18.3 Å². The lowest BCUT2D eigenvalue weighted by atomic mass is 10.1. The van der Waals surface area contributed by atoms with Crippen LogP contribution in [0.4, 0.5) is 4.79 Å². The number of hydrogen-bond acceptors (Lipinski definition) is 4. The number of nitrogens with one attached hydrogen (secondary N) is 1. The van der Waals surface area contributed by atoms with Gasteiger partial charge in [-0.25, -0.2) is 14.3 Å². The number of ether oxygens (including phenoxy) is 1. The summed E-state index contributed by atoms with van der Waals surface area (Å²) in [4.78, 5) is 15.6.